The van der Waals surface area contributed by atoms with Crippen LogP contribution in [0, 0.1) is 12.7 Å². The number of nitrogens with one attached hydrogen (secondary N) is 3. The van der Waals surface area contributed by atoms with E-state index in [-0.39, 0.29) is 28.6 Å². The summed E-state index contributed by atoms with van der Waals surface area (Å²) >= 11 is 6.03. The van der Waals surface area contributed by atoms with E-state index < -0.39 is 23.4 Å². The molecular formula is C26H27ClFN7O3. The number of nitrogens with zero attached hydrogens (tertiary/aromatic N) is 4. The molecule has 4 heterocycles. The van der Waals surface area contributed by atoms with Crippen LogP contribution in [0.25, 0.3) is 11.0 Å². The van der Waals surface area contributed by atoms with Crippen molar-refractivity contribution < 1.29 is 18.7 Å². The molecule has 3 N–H and O–H groups in total. The minimum Gasteiger partial charge on any atom is -0.436 e. The second-order valence-electron chi connectivity index (χ2n) is 9.12. The average molecular weight is 540 g/mol. The van der Waals surface area contributed by atoms with E-state index in [1.54, 1.807) is 6.33 Å². The number of carbonyl (C=O) groups excluding carboxylic acids is 2. The highest BCUT2D eigenvalue weighted by Crippen LogP contribution is 2.45. The normalized spacial score (nSPS) is 18.4. The lowest BCUT2D eigenvalue weighted by Gasteiger charge is -2.44. The van der Waals surface area contributed by atoms with E-state index in [1.807, 2.05) is 32.9 Å². The van der Waals surface area contributed by atoms with Gasteiger partial charge in [-0.2, -0.15) is 0 Å². The van der Waals surface area contributed by atoms with Gasteiger partial charge in [0.15, 0.2) is 11.4 Å². The fourth-order valence-electron chi connectivity index (χ4n) is 5.16. The van der Waals surface area contributed by atoms with Crippen molar-refractivity contribution in [1.82, 2.24) is 30.0 Å². The molecule has 0 unspecified atom stereocenters. The molecule has 0 aliphatic carbocycles. The average Bonchev–Trinajstić information content (AvgIpc) is 3.57. The predicted molar refractivity (Wildman–Crippen MR) is 140 cm³/mol. The predicted octanol–water partition coefficient (Wildman–Crippen LogP) is 5.09. The van der Waals surface area contributed by atoms with Crippen molar-refractivity contribution >= 4 is 40.3 Å². The van der Waals surface area contributed by atoms with E-state index in [0.717, 1.165) is 22.2 Å². The van der Waals surface area contributed by atoms with E-state index in [2.05, 4.69) is 30.5 Å². The van der Waals surface area contributed by atoms with Gasteiger partial charge in [-0.15, -0.1) is 5.10 Å². The van der Waals surface area contributed by atoms with Crippen molar-refractivity contribution in [1.29, 1.82) is 0 Å². The Hall–Kier alpha value is -3.99. The Balaban J connectivity index is 0.00000144. The van der Waals surface area contributed by atoms with Gasteiger partial charge in [0.1, 0.15) is 5.82 Å². The number of piperidine rings is 1. The van der Waals surface area contributed by atoms with Gasteiger partial charge >= 0.3 is 6.09 Å². The van der Waals surface area contributed by atoms with Gasteiger partial charge in [-0.05, 0) is 49.1 Å². The number of fused-ring (bicyclic) bond motifs is 3. The molecule has 12 heteroatoms. The maximum absolute atomic E-state index is 15.1. The fourth-order valence-corrected chi connectivity index (χ4v) is 5.31. The molecule has 0 bridgehead atoms. The first-order chi connectivity index (χ1) is 18.3. The molecule has 4 aromatic rings. The van der Waals surface area contributed by atoms with Gasteiger partial charge in [0.25, 0.3) is 5.91 Å². The first-order valence-corrected chi connectivity index (χ1v) is 12.8. The van der Waals surface area contributed by atoms with Crippen LogP contribution in [0.3, 0.4) is 0 Å². The van der Waals surface area contributed by atoms with Crippen LogP contribution in [0.2, 0.25) is 5.02 Å². The monoisotopic (exact) mass is 539 g/mol. The molecular weight excluding hydrogens is 513 g/mol. The van der Waals surface area contributed by atoms with Gasteiger partial charge < -0.3 is 14.6 Å². The molecule has 2 aliphatic rings. The molecule has 0 radical (unpaired) electrons. The summed E-state index contributed by atoms with van der Waals surface area (Å²) in [5.74, 6) is -0.586. The largest absolute Gasteiger partial charge is 0.436 e. The van der Waals surface area contributed by atoms with Crippen LogP contribution in [0.15, 0.2) is 30.6 Å². The Morgan fingerprint density at radius 1 is 1.29 bits per heavy atom. The molecule has 10 nitrogen and oxygen atoms in total. The lowest BCUT2D eigenvalue weighted by molar-refractivity contribution is -0.0420. The van der Waals surface area contributed by atoms with Crippen molar-refractivity contribution in [3.8, 4) is 0 Å². The van der Waals surface area contributed by atoms with E-state index in [9.17, 15) is 9.59 Å². The summed E-state index contributed by atoms with van der Waals surface area (Å²) in [6, 6.07) is 6.91. The summed E-state index contributed by atoms with van der Waals surface area (Å²) < 4.78 is 20.7. The lowest BCUT2D eigenvalue weighted by Crippen LogP contribution is -2.53. The summed E-state index contributed by atoms with van der Waals surface area (Å²) in [6.45, 7) is 6.34. The fraction of sp³-hybridized carbons (Fsp3) is 0.346. The second kappa shape index (κ2) is 10.1. The van der Waals surface area contributed by atoms with Gasteiger partial charge in [-0.25, -0.2) is 19.2 Å². The number of ether oxygens (including phenoxy) is 1. The number of aromatic nitrogens is 5. The van der Waals surface area contributed by atoms with Crippen molar-refractivity contribution in [3.63, 3.8) is 0 Å². The standard InChI is InChI=1S/C24H21ClFN7O3.C2H6/c1-12-7-13(8-16-20(12)28-11-27-16)9-17-30-21(32-31-17)22(34)33-6-2-5-24(10-33)18-15(29-23(35)36-24)4-3-14(25)19(18)26;1-2/h3-4,7-8,11H,2,5-6,9-10H2,1H3,(H,27,28)(H,29,35)(H,30,31,32);1-2H3/t24-;/m0./s1. The minimum atomic E-state index is -1.35. The van der Waals surface area contributed by atoms with E-state index in [0.29, 0.717) is 31.6 Å². The molecule has 0 saturated carbocycles. The number of hydrogen-bond acceptors (Lipinski definition) is 6. The van der Waals surface area contributed by atoms with Crippen molar-refractivity contribution in [2.75, 3.05) is 18.4 Å². The van der Waals surface area contributed by atoms with Gasteiger partial charge in [-0.1, -0.05) is 31.5 Å². The first-order valence-electron chi connectivity index (χ1n) is 12.4. The first kappa shape index (κ1) is 25.7. The number of imidazole rings is 1. The van der Waals surface area contributed by atoms with Crippen LogP contribution in [-0.4, -0.2) is 55.1 Å². The number of aromatic amines is 2. The third kappa shape index (κ3) is 4.47. The molecule has 2 amide bonds. The Morgan fingerprint density at radius 2 is 2.11 bits per heavy atom. The zero-order chi connectivity index (χ0) is 27.0. The number of rotatable bonds is 3. The summed E-state index contributed by atoms with van der Waals surface area (Å²) in [5, 5.41) is 9.39. The lowest BCUT2D eigenvalue weighted by atomic mass is 9.83. The number of carbonyl (C=O) groups is 2. The minimum absolute atomic E-state index is 0.00607. The van der Waals surface area contributed by atoms with E-state index in [4.69, 9.17) is 16.3 Å². The molecule has 2 aromatic heterocycles. The quantitative estimate of drug-likeness (QED) is 0.332. The molecule has 6 rings (SSSR count). The number of amides is 2. The zero-order valence-electron chi connectivity index (χ0n) is 21.2. The van der Waals surface area contributed by atoms with Gasteiger partial charge in [-0.3, -0.25) is 15.2 Å². The Bertz CT molecular complexity index is 1530. The van der Waals surface area contributed by atoms with Crippen LogP contribution >= 0.6 is 11.6 Å². The van der Waals surface area contributed by atoms with Crippen LogP contribution in [0.1, 0.15) is 59.8 Å². The van der Waals surface area contributed by atoms with Crippen LogP contribution in [-0.2, 0) is 16.8 Å². The molecule has 1 atom stereocenters. The maximum Gasteiger partial charge on any atom is 0.412 e. The Kier molecular flexibility index (Phi) is 6.78. The van der Waals surface area contributed by atoms with Gasteiger partial charge in [0, 0.05) is 13.0 Å². The molecule has 38 heavy (non-hydrogen) atoms. The zero-order valence-corrected chi connectivity index (χ0v) is 21.9. The van der Waals surface area contributed by atoms with Crippen LogP contribution in [0.4, 0.5) is 14.9 Å². The highest BCUT2D eigenvalue weighted by molar-refractivity contribution is 6.31. The molecule has 1 fully saturated rings. The number of likely N-dealkylation sites (tertiary alicyclic amines) is 1. The maximum atomic E-state index is 15.1. The molecule has 2 aliphatic heterocycles. The van der Waals surface area contributed by atoms with E-state index in [1.165, 1.54) is 17.0 Å². The summed E-state index contributed by atoms with van der Waals surface area (Å²) in [5.41, 5.74) is 2.92. The summed E-state index contributed by atoms with van der Waals surface area (Å²) in [6.07, 6.45) is 2.23. The number of aryl methyl sites for hydroxylation is 1. The van der Waals surface area contributed by atoms with Crippen LogP contribution < -0.4 is 5.32 Å². The van der Waals surface area contributed by atoms with Gasteiger partial charge in [0.2, 0.25) is 5.82 Å². The summed E-state index contributed by atoms with van der Waals surface area (Å²) in [7, 11) is 0. The Morgan fingerprint density at radius 3 is 2.92 bits per heavy atom. The Labute approximate surface area is 222 Å². The molecule has 198 valence electrons. The molecule has 2 aromatic carbocycles. The highest BCUT2D eigenvalue weighted by Gasteiger charge is 2.49. The number of hydrogen-bond donors (Lipinski definition) is 3. The van der Waals surface area contributed by atoms with E-state index >= 15 is 4.39 Å². The number of benzene rings is 2. The third-order valence-corrected chi connectivity index (χ3v) is 6.98. The topological polar surface area (TPSA) is 129 Å². The second-order valence-corrected chi connectivity index (χ2v) is 9.52. The molecule has 1 spiro atoms. The van der Waals surface area contributed by atoms with Gasteiger partial charge in [0.05, 0.1) is 40.2 Å². The van der Waals surface area contributed by atoms with Crippen molar-refractivity contribution in [2.45, 2.75) is 45.6 Å². The van der Waals surface area contributed by atoms with Crippen molar-refractivity contribution in [3.05, 3.63) is 69.8 Å². The van der Waals surface area contributed by atoms with Crippen LogP contribution in [0.5, 0.6) is 0 Å². The number of halogens is 2. The summed E-state index contributed by atoms with van der Waals surface area (Å²) in [4.78, 5) is 38.9. The highest BCUT2D eigenvalue weighted by atomic mass is 35.5. The smallest absolute Gasteiger partial charge is 0.412 e. The van der Waals surface area contributed by atoms with Crippen molar-refractivity contribution in [2.24, 2.45) is 0 Å². The third-order valence-electron chi connectivity index (χ3n) is 6.69. The SMILES string of the molecule is CC.Cc1cc(Cc2nc(C(=O)N3CCC[C@@]4(C3)OC(=O)Nc3ccc(Cl)c(F)c34)n[nH]2)cc2[nH]cnc12. The molecule has 1 saturated heterocycles. The number of anilines is 1. The number of H-pyrrole nitrogens is 2.